The monoisotopic (exact) mass is 369 g/mol. The van der Waals surface area contributed by atoms with Crippen LogP contribution in [0.1, 0.15) is 41.8 Å². The van der Waals surface area contributed by atoms with Crippen molar-refractivity contribution in [3.63, 3.8) is 0 Å². The fourth-order valence-electron chi connectivity index (χ4n) is 2.16. The lowest BCUT2D eigenvalue weighted by Crippen LogP contribution is -2.19. The molecule has 1 N–H and O–H groups in total. The largest absolute Gasteiger partial charge is 0.493 e. The number of benzene rings is 2. The van der Waals surface area contributed by atoms with Crippen LogP contribution in [0.5, 0.6) is 11.5 Å². The molecule has 0 spiro atoms. The van der Waals surface area contributed by atoms with Crippen LogP contribution in [0.3, 0.4) is 0 Å². The minimum atomic E-state index is -0.782. The van der Waals surface area contributed by atoms with Crippen LogP contribution in [-0.2, 0) is 0 Å². The number of ether oxygens (including phenoxy) is 2. The van der Waals surface area contributed by atoms with Crippen molar-refractivity contribution in [1.29, 1.82) is 5.26 Å². The van der Waals surface area contributed by atoms with Crippen LogP contribution in [0, 0.1) is 17.1 Å². The molecule has 0 heterocycles. The maximum Gasteiger partial charge on any atom is 0.274 e. The molecule has 0 saturated heterocycles. The Labute approximate surface area is 157 Å². The molecule has 0 aromatic heterocycles. The van der Waals surface area contributed by atoms with Crippen molar-refractivity contribution in [1.82, 2.24) is 5.43 Å². The molecule has 1 amide bonds. The molecule has 0 unspecified atom stereocenters. The minimum Gasteiger partial charge on any atom is -0.493 e. The highest BCUT2D eigenvalue weighted by molar-refractivity contribution is 5.95. The van der Waals surface area contributed by atoms with Gasteiger partial charge in [-0.15, -0.1) is 0 Å². The fourth-order valence-corrected chi connectivity index (χ4v) is 2.16. The normalized spacial score (nSPS) is 11.7. The third-order valence-electron chi connectivity index (χ3n) is 3.81. The Balaban J connectivity index is 2.07. The lowest BCUT2D eigenvalue weighted by molar-refractivity contribution is 0.0951. The van der Waals surface area contributed by atoms with Gasteiger partial charge in [0.1, 0.15) is 5.82 Å². The number of hydrogen-bond donors (Lipinski definition) is 1. The smallest absolute Gasteiger partial charge is 0.274 e. The molecule has 2 rings (SSSR count). The molecule has 0 radical (unpaired) electrons. The zero-order valence-electron chi connectivity index (χ0n) is 15.3. The van der Waals surface area contributed by atoms with Crippen LogP contribution in [-0.4, -0.2) is 25.3 Å². The summed E-state index contributed by atoms with van der Waals surface area (Å²) in [6, 6.07) is 10.6. The summed E-state index contributed by atoms with van der Waals surface area (Å²) >= 11 is 0. The summed E-state index contributed by atoms with van der Waals surface area (Å²) in [5, 5.41) is 12.6. The highest BCUT2D eigenvalue weighted by Crippen LogP contribution is 2.28. The summed E-state index contributed by atoms with van der Waals surface area (Å²) in [6.45, 7) is 3.99. The van der Waals surface area contributed by atoms with E-state index in [4.69, 9.17) is 14.7 Å². The molecule has 27 heavy (non-hydrogen) atoms. The minimum absolute atomic E-state index is 0.0556. The summed E-state index contributed by atoms with van der Waals surface area (Å²) in [4.78, 5) is 12.0. The van der Waals surface area contributed by atoms with Gasteiger partial charge < -0.3 is 9.47 Å². The number of nitrogens with one attached hydrogen (secondary N) is 1. The van der Waals surface area contributed by atoms with E-state index in [1.165, 1.54) is 25.5 Å². The number of rotatable bonds is 7. The van der Waals surface area contributed by atoms with Crippen molar-refractivity contribution in [3.05, 3.63) is 58.9 Å². The molecule has 1 atom stereocenters. The summed E-state index contributed by atoms with van der Waals surface area (Å²) in [5.41, 5.74) is 2.87. The molecule has 0 aliphatic rings. The molecule has 0 aliphatic carbocycles. The summed E-state index contributed by atoms with van der Waals surface area (Å²) in [7, 11) is 1.54. The highest BCUT2D eigenvalue weighted by atomic mass is 19.1. The molecule has 140 valence electrons. The average molecular weight is 369 g/mol. The van der Waals surface area contributed by atoms with Gasteiger partial charge in [-0.05, 0) is 55.3 Å². The van der Waals surface area contributed by atoms with Gasteiger partial charge in [-0.1, -0.05) is 6.92 Å². The standard InChI is InChI=1S/C20H20FN3O3/c1-4-13(2)27-18-8-6-15(10-19(18)26-3)12-23-24-20(25)16-7-5-14(11-22)9-17(16)21/h5-10,12-13H,4H2,1-3H3,(H,24,25)/b23-12-/t13-/m0/s1. The topological polar surface area (TPSA) is 83.7 Å². The zero-order chi connectivity index (χ0) is 19.8. The van der Waals surface area contributed by atoms with Crippen LogP contribution in [0.25, 0.3) is 0 Å². The molecular formula is C20H20FN3O3. The number of hydrazone groups is 1. The highest BCUT2D eigenvalue weighted by Gasteiger charge is 2.12. The van der Waals surface area contributed by atoms with Gasteiger partial charge in [0.2, 0.25) is 0 Å². The summed E-state index contributed by atoms with van der Waals surface area (Å²) in [6.07, 6.45) is 2.33. The number of carbonyl (C=O) groups excluding carboxylic acids is 1. The number of nitriles is 1. The molecule has 2 aromatic rings. The number of halogens is 1. The predicted octanol–water partition coefficient (Wildman–Crippen LogP) is 3.65. The van der Waals surface area contributed by atoms with Gasteiger partial charge in [0.15, 0.2) is 11.5 Å². The summed E-state index contributed by atoms with van der Waals surface area (Å²) < 4.78 is 24.9. The Bertz CT molecular complexity index is 891. The van der Waals surface area contributed by atoms with Gasteiger partial charge in [-0.2, -0.15) is 10.4 Å². The third kappa shape index (κ3) is 5.28. The molecular weight excluding hydrogens is 349 g/mol. The molecule has 7 heteroatoms. The fraction of sp³-hybridized carbons (Fsp3) is 0.250. The van der Waals surface area contributed by atoms with Gasteiger partial charge in [0.05, 0.1) is 36.6 Å². The molecule has 0 aliphatic heterocycles. The van der Waals surface area contributed by atoms with Crippen LogP contribution < -0.4 is 14.9 Å². The first-order chi connectivity index (χ1) is 13.0. The Morgan fingerprint density at radius 1 is 1.33 bits per heavy atom. The molecule has 0 bridgehead atoms. The second kappa shape index (κ2) is 9.34. The van der Waals surface area contributed by atoms with Crippen molar-refractivity contribution in [3.8, 4) is 17.6 Å². The lowest BCUT2D eigenvalue weighted by Gasteiger charge is -2.15. The molecule has 0 fully saturated rings. The van der Waals surface area contributed by atoms with Crippen molar-refractivity contribution >= 4 is 12.1 Å². The van der Waals surface area contributed by atoms with E-state index in [0.29, 0.717) is 17.1 Å². The van der Waals surface area contributed by atoms with Crippen LogP contribution in [0.2, 0.25) is 0 Å². The second-order valence-corrected chi connectivity index (χ2v) is 5.75. The van der Waals surface area contributed by atoms with Crippen LogP contribution in [0.4, 0.5) is 4.39 Å². The number of nitrogens with zero attached hydrogens (tertiary/aromatic N) is 2. The first-order valence-corrected chi connectivity index (χ1v) is 8.36. The van der Waals surface area contributed by atoms with Gasteiger partial charge >= 0.3 is 0 Å². The summed E-state index contributed by atoms with van der Waals surface area (Å²) in [5.74, 6) is -0.330. The lowest BCUT2D eigenvalue weighted by atomic mass is 10.1. The van der Waals surface area contributed by atoms with E-state index in [2.05, 4.69) is 10.5 Å². The Morgan fingerprint density at radius 3 is 2.74 bits per heavy atom. The zero-order valence-corrected chi connectivity index (χ0v) is 15.3. The van der Waals surface area contributed by atoms with Crippen molar-refractivity contribution < 1.29 is 18.7 Å². The third-order valence-corrected chi connectivity index (χ3v) is 3.81. The quantitative estimate of drug-likeness (QED) is 0.596. The molecule has 0 saturated carbocycles. The van der Waals surface area contributed by atoms with Crippen LogP contribution >= 0.6 is 0 Å². The Kier molecular flexibility index (Phi) is 6.89. The van der Waals surface area contributed by atoms with Gasteiger partial charge in [0, 0.05) is 0 Å². The van der Waals surface area contributed by atoms with E-state index < -0.39 is 11.7 Å². The van der Waals surface area contributed by atoms with Gasteiger partial charge in [0.25, 0.3) is 5.91 Å². The Morgan fingerprint density at radius 2 is 2.11 bits per heavy atom. The first-order valence-electron chi connectivity index (χ1n) is 8.36. The number of methoxy groups -OCH3 is 1. The molecule has 2 aromatic carbocycles. The SMILES string of the molecule is CC[C@H](C)Oc1ccc(/C=N\NC(=O)c2ccc(C#N)cc2F)cc1OC. The Hall–Kier alpha value is -3.40. The predicted molar refractivity (Wildman–Crippen MR) is 99.6 cm³/mol. The van der Waals surface area contributed by atoms with Crippen molar-refractivity contribution in [2.24, 2.45) is 5.10 Å². The van der Waals surface area contributed by atoms with E-state index in [0.717, 1.165) is 12.5 Å². The van der Waals surface area contributed by atoms with Crippen molar-refractivity contribution in [2.45, 2.75) is 26.4 Å². The van der Waals surface area contributed by atoms with E-state index in [1.54, 1.807) is 24.3 Å². The average Bonchev–Trinajstić information content (AvgIpc) is 2.68. The second-order valence-electron chi connectivity index (χ2n) is 5.75. The maximum absolute atomic E-state index is 13.8. The first kappa shape index (κ1) is 19.9. The maximum atomic E-state index is 13.8. The number of amides is 1. The number of carbonyl (C=O) groups is 1. The van der Waals surface area contributed by atoms with Gasteiger partial charge in [-0.25, -0.2) is 9.82 Å². The van der Waals surface area contributed by atoms with Gasteiger partial charge in [-0.3, -0.25) is 4.79 Å². The van der Waals surface area contributed by atoms with Crippen LogP contribution in [0.15, 0.2) is 41.5 Å². The number of hydrogen-bond acceptors (Lipinski definition) is 5. The van der Waals surface area contributed by atoms with E-state index in [-0.39, 0.29) is 17.2 Å². The van der Waals surface area contributed by atoms with E-state index in [1.807, 2.05) is 13.8 Å². The van der Waals surface area contributed by atoms with E-state index in [9.17, 15) is 9.18 Å². The molecule has 6 nitrogen and oxygen atoms in total. The van der Waals surface area contributed by atoms with E-state index >= 15 is 0 Å². The van der Waals surface area contributed by atoms with Crippen molar-refractivity contribution in [2.75, 3.05) is 7.11 Å².